The number of likely N-dealkylation sites (N-methyl/N-ethyl adjacent to an activating group) is 1. The van der Waals surface area contributed by atoms with E-state index in [4.69, 9.17) is 0 Å². The molecule has 0 bridgehead atoms. The minimum atomic E-state index is -0.202. The van der Waals surface area contributed by atoms with E-state index < -0.39 is 0 Å². The molecule has 2 heterocycles. The number of anilines is 1. The van der Waals surface area contributed by atoms with Crippen molar-refractivity contribution >= 4 is 5.95 Å². The van der Waals surface area contributed by atoms with E-state index in [1.54, 1.807) is 6.07 Å². The number of nitrogens with one attached hydrogen (secondary N) is 1. The zero-order valence-electron chi connectivity index (χ0n) is 14.7. The van der Waals surface area contributed by atoms with Crippen molar-refractivity contribution in [1.29, 1.82) is 0 Å². The first kappa shape index (κ1) is 17.8. The predicted molar refractivity (Wildman–Crippen MR) is 95.8 cm³/mol. The van der Waals surface area contributed by atoms with Crippen LogP contribution >= 0.6 is 0 Å². The van der Waals surface area contributed by atoms with Crippen LogP contribution in [0.15, 0.2) is 36.7 Å². The second-order valence-electron chi connectivity index (χ2n) is 6.61. The van der Waals surface area contributed by atoms with Gasteiger partial charge in [0.25, 0.3) is 0 Å². The van der Waals surface area contributed by atoms with Gasteiger partial charge in [-0.2, -0.15) is 0 Å². The van der Waals surface area contributed by atoms with E-state index in [1.807, 2.05) is 31.6 Å². The number of aromatic nitrogens is 2. The molecule has 3 atom stereocenters. The lowest BCUT2D eigenvalue weighted by molar-refractivity contribution is 0.152. The summed E-state index contributed by atoms with van der Waals surface area (Å²) in [5, 5.41) is 12.9. The third kappa shape index (κ3) is 3.80. The number of nitrogens with zero attached hydrogens (tertiary/aromatic N) is 3. The Morgan fingerprint density at radius 3 is 2.64 bits per heavy atom. The van der Waals surface area contributed by atoms with Crippen molar-refractivity contribution in [2.24, 2.45) is 5.92 Å². The summed E-state index contributed by atoms with van der Waals surface area (Å²) in [5.74, 6) is 0.541. The topological polar surface area (TPSA) is 61.3 Å². The Balaban J connectivity index is 1.76. The van der Waals surface area contributed by atoms with E-state index in [1.165, 1.54) is 6.07 Å². The van der Waals surface area contributed by atoms with Crippen LogP contribution in [0.5, 0.6) is 0 Å². The number of likely N-dealkylation sites (tertiary alicyclic amines) is 1. The highest BCUT2D eigenvalue weighted by atomic mass is 19.1. The molecular weight excluding hydrogens is 319 g/mol. The Bertz CT molecular complexity index is 694. The van der Waals surface area contributed by atoms with Crippen molar-refractivity contribution in [3.8, 4) is 0 Å². The number of halogens is 1. The van der Waals surface area contributed by atoms with Gasteiger partial charge in [0.1, 0.15) is 5.82 Å². The van der Waals surface area contributed by atoms with Crippen LogP contribution in [-0.4, -0.2) is 46.2 Å². The molecule has 134 valence electrons. The molecule has 1 aliphatic rings. The van der Waals surface area contributed by atoms with Crippen LogP contribution in [0.2, 0.25) is 0 Å². The molecule has 2 aromatic rings. The maximum absolute atomic E-state index is 14.3. The highest BCUT2D eigenvalue weighted by Crippen LogP contribution is 2.40. The molecule has 0 aliphatic carbocycles. The minimum absolute atomic E-state index is 0.0276. The molecule has 5 nitrogen and oxygen atoms in total. The van der Waals surface area contributed by atoms with Gasteiger partial charge in [-0.1, -0.05) is 25.1 Å². The first-order chi connectivity index (χ1) is 12.1. The molecule has 1 saturated heterocycles. The summed E-state index contributed by atoms with van der Waals surface area (Å²) in [7, 11) is 1.95. The first-order valence-electron chi connectivity index (χ1n) is 8.76. The summed E-state index contributed by atoms with van der Waals surface area (Å²) in [6.07, 6.45) is 5.34. The second-order valence-corrected chi connectivity index (χ2v) is 6.61. The highest BCUT2D eigenvalue weighted by molar-refractivity contribution is 5.28. The number of benzene rings is 1. The Hall–Kier alpha value is -2.05. The molecule has 25 heavy (non-hydrogen) atoms. The summed E-state index contributed by atoms with van der Waals surface area (Å²) in [6, 6.07) is 6.83. The molecule has 3 rings (SSSR count). The predicted octanol–water partition coefficient (Wildman–Crippen LogP) is 2.64. The maximum atomic E-state index is 14.3. The molecule has 1 fully saturated rings. The van der Waals surface area contributed by atoms with E-state index in [9.17, 15) is 9.50 Å². The lowest BCUT2D eigenvalue weighted by Crippen LogP contribution is -2.31. The van der Waals surface area contributed by atoms with Crippen molar-refractivity contribution in [2.45, 2.75) is 31.8 Å². The van der Waals surface area contributed by atoms with Gasteiger partial charge >= 0.3 is 0 Å². The number of aryl methyl sites for hydroxylation is 1. The molecule has 1 aliphatic heterocycles. The van der Waals surface area contributed by atoms with Gasteiger partial charge < -0.3 is 10.4 Å². The molecule has 1 aromatic heterocycles. The number of aliphatic hydroxyl groups is 1. The summed E-state index contributed by atoms with van der Waals surface area (Å²) in [5.41, 5.74) is 1.77. The molecule has 0 unspecified atom stereocenters. The number of hydrogen-bond acceptors (Lipinski definition) is 5. The number of rotatable bonds is 6. The van der Waals surface area contributed by atoms with E-state index in [0.29, 0.717) is 18.1 Å². The van der Waals surface area contributed by atoms with Crippen LogP contribution in [0.4, 0.5) is 10.3 Å². The van der Waals surface area contributed by atoms with Crippen LogP contribution in [-0.2, 0) is 6.42 Å². The third-order valence-electron chi connectivity index (χ3n) is 5.11. The summed E-state index contributed by atoms with van der Waals surface area (Å²) < 4.78 is 14.3. The average molecular weight is 344 g/mol. The van der Waals surface area contributed by atoms with Crippen LogP contribution in [0, 0.1) is 11.7 Å². The van der Waals surface area contributed by atoms with Gasteiger partial charge in [-0.15, -0.1) is 0 Å². The molecule has 0 amide bonds. The highest BCUT2D eigenvalue weighted by Gasteiger charge is 2.40. The quantitative estimate of drug-likeness (QED) is 0.844. The second kappa shape index (κ2) is 7.89. The lowest BCUT2D eigenvalue weighted by atomic mass is 9.92. The summed E-state index contributed by atoms with van der Waals surface area (Å²) >= 11 is 0. The van der Waals surface area contributed by atoms with Gasteiger partial charge in [0, 0.05) is 36.6 Å². The Morgan fingerprint density at radius 1 is 1.28 bits per heavy atom. The zero-order chi connectivity index (χ0) is 17.8. The Labute approximate surface area is 147 Å². The molecule has 6 heteroatoms. The van der Waals surface area contributed by atoms with Crippen LogP contribution in [0.1, 0.15) is 30.5 Å². The van der Waals surface area contributed by atoms with E-state index in [2.05, 4.69) is 27.1 Å². The van der Waals surface area contributed by atoms with Crippen molar-refractivity contribution < 1.29 is 9.50 Å². The number of hydrogen-bond donors (Lipinski definition) is 2. The summed E-state index contributed by atoms with van der Waals surface area (Å²) in [4.78, 5) is 10.7. The van der Waals surface area contributed by atoms with Gasteiger partial charge in [-0.25, -0.2) is 14.4 Å². The monoisotopic (exact) mass is 344 g/mol. The maximum Gasteiger partial charge on any atom is 0.222 e. The average Bonchev–Trinajstić information content (AvgIpc) is 2.96. The normalized spacial score (nSPS) is 23.8. The van der Waals surface area contributed by atoms with E-state index in [-0.39, 0.29) is 30.4 Å². The van der Waals surface area contributed by atoms with Crippen LogP contribution < -0.4 is 5.32 Å². The van der Waals surface area contributed by atoms with Gasteiger partial charge in [0.15, 0.2) is 0 Å². The molecule has 0 radical (unpaired) electrons. The van der Waals surface area contributed by atoms with Crippen molar-refractivity contribution in [3.05, 3.63) is 53.6 Å². The minimum Gasteiger partial charge on any atom is -0.395 e. The van der Waals surface area contributed by atoms with Gasteiger partial charge in [-0.05, 0) is 37.4 Å². The smallest absolute Gasteiger partial charge is 0.222 e. The van der Waals surface area contributed by atoms with Gasteiger partial charge in [-0.3, -0.25) is 4.90 Å². The molecule has 0 saturated carbocycles. The SMILES string of the molecule is CCc1cnc(NC[C@@H]2C[C@H](CO)N(C)[C@@H]2c2ccccc2F)nc1. The third-order valence-corrected chi connectivity index (χ3v) is 5.11. The van der Waals surface area contributed by atoms with E-state index >= 15 is 0 Å². The fourth-order valence-corrected chi connectivity index (χ4v) is 3.64. The molecule has 2 N–H and O–H groups in total. The van der Waals surface area contributed by atoms with Crippen molar-refractivity contribution in [1.82, 2.24) is 14.9 Å². The van der Waals surface area contributed by atoms with Gasteiger partial charge in [0.2, 0.25) is 5.95 Å². The standard InChI is InChI=1S/C19H25FN4O/c1-3-13-9-21-19(22-10-13)23-11-14-8-15(12-25)24(2)18(14)16-6-4-5-7-17(16)20/h4-7,9-10,14-15,18,25H,3,8,11-12H2,1-2H3,(H,21,22,23)/t14-,15+,18-/m0/s1. The molecule has 0 spiro atoms. The molecule has 1 aromatic carbocycles. The number of aliphatic hydroxyl groups excluding tert-OH is 1. The van der Waals surface area contributed by atoms with Crippen molar-refractivity contribution in [3.63, 3.8) is 0 Å². The largest absolute Gasteiger partial charge is 0.395 e. The van der Waals surface area contributed by atoms with Crippen LogP contribution in [0.3, 0.4) is 0 Å². The molecular formula is C19H25FN4O. The lowest BCUT2D eigenvalue weighted by Gasteiger charge is -2.28. The first-order valence-corrected chi connectivity index (χ1v) is 8.76. The van der Waals surface area contributed by atoms with Gasteiger partial charge in [0.05, 0.1) is 6.61 Å². The van der Waals surface area contributed by atoms with Crippen molar-refractivity contribution in [2.75, 3.05) is 25.5 Å². The van der Waals surface area contributed by atoms with Crippen LogP contribution in [0.25, 0.3) is 0 Å². The summed E-state index contributed by atoms with van der Waals surface area (Å²) in [6.45, 7) is 2.76. The fourth-order valence-electron chi connectivity index (χ4n) is 3.64. The Kier molecular flexibility index (Phi) is 5.60. The Morgan fingerprint density at radius 2 is 2.00 bits per heavy atom. The fraction of sp³-hybridized carbons (Fsp3) is 0.474. The zero-order valence-corrected chi connectivity index (χ0v) is 14.7. The van der Waals surface area contributed by atoms with E-state index in [0.717, 1.165) is 18.4 Å².